The van der Waals surface area contributed by atoms with Gasteiger partial charge in [0.1, 0.15) is 0 Å². The van der Waals surface area contributed by atoms with Crippen molar-refractivity contribution in [1.29, 1.82) is 0 Å². The number of nitrogens with zero attached hydrogens (tertiary/aromatic N) is 2. The number of hydrogen-bond acceptors (Lipinski definition) is 4. The summed E-state index contributed by atoms with van der Waals surface area (Å²) in [5.41, 5.74) is 1.52. The van der Waals surface area contributed by atoms with Crippen LogP contribution in [0.2, 0.25) is 0 Å². The van der Waals surface area contributed by atoms with Crippen LogP contribution in [0.4, 0.5) is 8.78 Å². The van der Waals surface area contributed by atoms with Gasteiger partial charge in [0.2, 0.25) is 0 Å². The van der Waals surface area contributed by atoms with Crippen molar-refractivity contribution in [3.05, 3.63) is 53.9 Å². The van der Waals surface area contributed by atoms with E-state index in [2.05, 4.69) is 25.3 Å². The third kappa shape index (κ3) is 6.73. The second-order valence-electron chi connectivity index (χ2n) is 5.48. The summed E-state index contributed by atoms with van der Waals surface area (Å²) in [6, 6.07) is 10.8. The van der Waals surface area contributed by atoms with Crippen molar-refractivity contribution in [2.24, 2.45) is 4.99 Å². The van der Waals surface area contributed by atoms with Gasteiger partial charge in [-0.25, -0.2) is 0 Å². The topological polar surface area (TPSA) is 67.8 Å². The predicted molar refractivity (Wildman–Crippen MR) is 100 cm³/mol. The van der Waals surface area contributed by atoms with Crippen molar-refractivity contribution in [1.82, 2.24) is 15.6 Å². The highest BCUT2D eigenvalue weighted by atomic mass is 19.3. The van der Waals surface area contributed by atoms with Crippen LogP contribution in [-0.4, -0.2) is 37.8 Å². The van der Waals surface area contributed by atoms with E-state index in [1.807, 2.05) is 18.2 Å². The number of para-hydroxylation sites is 1. The molecule has 0 saturated heterocycles. The second kappa shape index (κ2) is 10.9. The van der Waals surface area contributed by atoms with E-state index < -0.39 is 6.61 Å². The first-order valence-electron chi connectivity index (χ1n) is 8.68. The Hall–Kier alpha value is -2.90. The summed E-state index contributed by atoms with van der Waals surface area (Å²) in [6.45, 7) is 0.0983. The normalized spacial score (nSPS) is 11.4. The molecule has 6 nitrogen and oxygen atoms in total. The van der Waals surface area contributed by atoms with Gasteiger partial charge in [-0.05, 0) is 25.1 Å². The first kappa shape index (κ1) is 20.4. The van der Waals surface area contributed by atoms with Gasteiger partial charge in [0.25, 0.3) is 0 Å². The van der Waals surface area contributed by atoms with E-state index in [-0.39, 0.29) is 18.0 Å². The van der Waals surface area contributed by atoms with Crippen molar-refractivity contribution < 1.29 is 18.3 Å². The maximum atomic E-state index is 12.8. The molecule has 0 fully saturated rings. The number of alkyl halides is 2. The monoisotopic (exact) mass is 378 g/mol. The zero-order valence-electron chi connectivity index (χ0n) is 15.4. The highest BCUT2D eigenvalue weighted by Crippen LogP contribution is 2.32. The lowest BCUT2D eigenvalue weighted by molar-refractivity contribution is -0.0520. The Morgan fingerprint density at radius 2 is 2.04 bits per heavy atom. The lowest BCUT2D eigenvalue weighted by Crippen LogP contribution is -2.38. The lowest BCUT2D eigenvalue weighted by Gasteiger charge is -2.17. The number of aliphatic imine (C=N–C) groups is 1. The van der Waals surface area contributed by atoms with Crippen LogP contribution in [0.25, 0.3) is 0 Å². The molecule has 2 rings (SSSR count). The minimum Gasteiger partial charge on any atom is -0.490 e. The predicted octanol–water partition coefficient (Wildman–Crippen LogP) is 2.99. The molecule has 2 N–H and O–H groups in total. The second-order valence-corrected chi connectivity index (χ2v) is 5.48. The van der Waals surface area contributed by atoms with Crippen molar-refractivity contribution in [3.8, 4) is 11.5 Å². The molecule has 8 heteroatoms. The zero-order valence-corrected chi connectivity index (χ0v) is 15.4. The summed E-state index contributed by atoms with van der Waals surface area (Å²) in [6.07, 6.45) is 2.49. The van der Waals surface area contributed by atoms with Gasteiger partial charge in [0.05, 0.1) is 6.61 Å². The number of hydrogen-bond donors (Lipinski definition) is 2. The van der Waals surface area contributed by atoms with E-state index in [9.17, 15) is 8.78 Å². The molecule has 2 aromatic rings. The van der Waals surface area contributed by atoms with Crippen molar-refractivity contribution in [3.63, 3.8) is 0 Å². The highest BCUT2D eigenvalue weighted by molar-refractivity contribution is 5.79. The summed E-state index contributed by atoms with van der Waals surface area (Å²) >= 11 is 0. The number of pyridine rings is 1. The molecule has 0 unspecified atom stereocenters. The Kier molecular flexibility index (Phi) is 8.28. The quantitative estimate of drug-likeness (QED) is 0.519. The van der Waals surface area contributed by atoms with Crippen LogP contribution in [0, 0.1) is 0 Å². The fourth-order valence-electron chi connectivity index (χ4n) is 2.45. The van der Waals surface area contributed by atoms with Gasteiger partial charge >= 0.3 is 6.61 Å². The Balaban J connectivity index is 1.95. The Labute approximate surface area is 157 Å². The standard InChI is InChI=1S/C19H24F2N4O2/c1-3-26-16-9-6-7-14(17(16)27-18(20)21)13-25-19(22-2)24-12-10-15-8-4-5-11-23-15/h4-9,11,18H,3,10,12-13H2,1-2H3,(H2,22,24,25). The average Bonchev–Trinajstić information content (AvgIpc) is 2.67. The zero-order chi connectivity index (χ0) is 19.5. The fraction of sp³-hybridized carbons (Fsp3) is 0.368. The number of rotatable bonds is 9. The molecule has 0 aliphatic rings. The van der Waals surface area contributed by atoms with Gasteiger partial charge in [-0.1, -0.05) is 18.2 Å². The molecular weight excluding hydrogens is 354 g/mol. The number of halogens is 2. The molecule has 0 aliphatic heterocycles. The summed E-state index contributed by atoms with van der Waals surface area (Å²) in [7, 11) is 1.64. The Morgan fingerprint density at radius 1 is 1.19 bits per heavy atom. The number of ether oxygens (including phenoxy) is 2. The van der Waals surface area contributed by atoms with Crippen LogP contribution in [0.1, 0.15) is 18.2 Å². The van der Waals surface area contributed by atoms with Gasteiger partial charge < -0.3 is 20.1 Å². The molecule has 0 atom stereocenters. The fourth-order valence-corrected chi connectivity index (χ4v) is 2.45. The van der Waals surface area contributed by atoms with E-state index in [1.54, 1.807) is 38.4 Å². The van der Waals surface area contributed by atoms with Gasteiger partial charge in [-0.15, -0.1) is 0 Å². The molecule has 146 valence electrons. The summed E-state index contributed by atoms with van der Waals surface area (Å²) < 4.78 is 35.6. The Bertz CT molecular complexity index is 727. The molecule has 0 amide bonds. The van der Waals surface area contributed by atoms with Crippen LogP contribution >= 0.6 is 0 Å². The number of nitrogens with one attached hydrogen (secondary N) is 2. The van der Waals surface area contributed by atoms with Crippen molar-refractivity contribution in [2.45, 2.75) is 26.5 Å². The minimum absolute atomic E-state index is 0.0331. The van der Waals surface area contributed by atoms with E-state index >= 15 is 0 Å². The molecule has 27 heavy (non-hydrogen) atoms. The molecule has 0 radical (unpaired) electrons. The average molecular weight is 378 g/mol. The molecule has 1 heterocycles. The summed E-state index contributed by atoms with van der Waals surface area (Å²) in [4.78, 5) is 8.40. The first-order valence-corrected chi connectivity index (χ1v) is 8.68. The maximum Gasteiger partial charge on any atom is 0.387 e. The number of guanidine groups is 1. The third-order valence-electron chi connectivity index (χ3n) is 3.64. The van der Waals surface area contributed by atoms with Gasteiger partial charge in [0.15, 0.2) is 17.5 Å². The SMILES string of the molecule is CCOc1cccc(CNC(=NC)NCCc2ccccn2)c1OC(F)F. The summed E-state index contributed by atoms with van der Waals surface area (Å²) in [5, 5.41) is 6.26. The molecule has 0 aliphatic carbocycles. The molecular formula is C19H24F2N4O2. The Morgan fingerprint density at radius 3 is 2.70 bits per heavy atom. The van der Waals surface area contributed by atoms with Crippen LogP contribution in [-0.2, 0) is 13.0 Å². The van der Waals surface area contributed by atoms with Gasteiger partial charge in [-0.2, -0.15) is 8.78 Å². The summed E-state index contributed by atoms with van der Waals surface area (Å²) in [5.74, 6) is 0.872. The van der Waals surface area contributed by atoms with Crippen molar-refractivity contribution >= 4 is 5.96 Å². The molecule has 1 aromatic heterocycles. The van der Waals surface area contributed by atoms with Crippen LogP contribution < -0.4 is 20.1 Å². The molecule has 0 saturated carbocycles. The van der Waals surface area contributed by atoms with Gasteiger partial charge in [0, 0.05) is 44.0 Å². The molecule has 0 spiro atoms. The molecule has 1 aromatic carbocycles. The van der Waals surface area contributed by atoms with E-state index in [0.29, 0.717) is 24.7 Å². The molecule has 0 bridgehead atoms. The van der Waals surface area contributed by atoms with E-state index in [0.717, 1.165) is 12.1 Å². The van der Waals surface area contributed by atoms with Crippen molar-refractivity contribution in [2.75, 3.05) is 20.2 Å². The van der Waals surface area contributed by atoms with Gasteiger partial charge in [-0.3, -0.25) is 9.98 Å². The number of aromatic nitrogens is 1. The lowest BCUT2D eigenvalue weighted by atomic mass is 10.2. The minimum atomic E-state index is -2.93. The van der Waals surface area contributed by atoms with Crippen LogP contribution in [0.5, 0.6) is 11.5 Å². The van der Waals surface area contributed by atoms with Crippen LogP contribution in [0.15, 0.2) is 47.6 Å². The first-order chi connectivity index (χ1) is 13.1. The van der Waals surface area contributed by atoms with E-state index in [4.69, 9.17) is 4.74 Å². The third-order valence-corrected chi connectivity index (χ3v) is 3.64. The number of benzene rings is 1. The largest absolute Gasteiger partial charge is 0.490 e. The smallest absolute Gasteiger partial charge is 0.387 e. The highest BCUT2D eigenvalue weighted by Gasteiger charge is 2.15. The maximum absolute atomic E-state index is 12.8. The van der Waals surface area contributed by atoms with E-state index in [1.165, 1.54) is 0 Å². The van der Waals surface area contributed by atoms with Crippen LogP contribution in [0.3, 0.4) is 0 Å².